The van der Waals surface area contributed by atoms with E-state index in [1.54, 1.807) is 0 Å². The smallest absolute Gasteiger partial charge is 0.231 e. The van der Waals surface area contributed by atoms with E-state index in [0.717, 1.165) is 23.4 Å². The van der Waals surface area contributed by atoms with Gasteiger partial charge in [-0.15, -0.1) is 10.2 Å². The molecule has 1 aromatic carbocycles. The van der Waals surface area contributed by atoms with Gasteiger partial charge < -0.3 is 10.4 Å². The van der Waals surface area contributed by atoms with Crippen molar-refractivity contribution in [3.63, 3.8) is 0 Å². The van der Waals surface area contributed by atoms with Gasteiger partial charge in [0, 0.05) is 11.4 Å². The van der Waals surface area contributed by atoms with Crippen molar-refractivity contribution in [3.05, 3.63) is 39.9 Å². The van der Waals surface area contributed by atoms with Crippen LogP contribution in [0.5, 0.6) is 0 Å². The molecule has 2 atom stereocenters. The molecule has 1 aromatic heterocycles. The average Bonchev–Trinajstić information content (AvgIpc) is 3.08. The molecule has 3 rings (SSSR count). The summed E-state index contributed by atoms with van der Waals surface area (Å²) in [5, 5.41) is 22.6. The molecule has 1 aliphatic carbocycles. The zero-order valence-electron chi connectivity index (χ0n) is 11.8. The van der Waals surface area contributed by atoms with Crippen molar-refractivity contribution in [2.24, 2.45) is 5.92 Å². The van der Waals surface area contributed by atoms with Crippen molar-refractivity contribution in [3.8, 4) is 0 Å². The molecule has 2 aromatic rings. The summed E-state index contributed by atoms with van der Waals surface area (Å²) in [5.41, 5.74) is 1.05. The number of aromatic nitrogens is 2. The Bertz CT molecular complexity index is 676. The average molecular weight is 338 g/mol. The topological polar surface area (TPSA) is 75.1 Å². The second-order valence-electron chi connectivity index (χ2n) is 5.40. The Morgan fingerprint density at radius 2 is 2.27 bits per heavy atom. The van der Waals surface area contributed by atoms with Gasteiger partial charge in [-0.2, -0.15) is 0 Å². The predicted octanol–water partition coefficient (Wildman–Crippen LogP) is 2.88. The van der Waals surface area contributed by atoms with Crippen LogP contribution in [-0.4, -0.2) is 27.3 Å². The molecule has 0 saturated heterocycles. The van der Waals surface area contributed by atoms with Crippen LogP contribution in [0.3, 0.4) is 0 Å². The van der Waals surface area contributed by atoms with Gasteiger partial charge in [0.25, 0.3) is 0 Å². The fraction of sp³-hybridized carbons (Fsp3) is 0.400. The molecule has 2 unspecified atom stereocenters. The van der Waals surface area contributed by atoms with Gasteiger partial charge >= 0.3 is 0 Å². The summed E-state index contributed by atoms with van der Waals surface area (Å²) in [7, 11) is 0. The number of hydrogen-bond acceptors (Lipinski definition) is 5. The summed E-state index contributed by atoms with van der Waals surface area (Å²) in [5.74, 6) is -0.504. The van der Waals surface area contributed by atoms with E-state index in [4.69, 9.17) is 11.6 Å². The lowest BCUT2D eigenvalue weighted by Gasteiger charge is -2.12. The van der Waals surface area contributed by atoms with Gasteiger partial charge in [-0.25, -0.2) is 0 Å². The lowest BCUT2D eigenvalue weighted by Crippen LogP contribution is -2.28. The van der Waals surface area contributed by atoms with Crippen molar-refractivity contribution in [2.75, 3.05) is 5.32 Å². The molecule has 0 aliphatic heterocycles. The van der Waals surface area contributed by atoms with E-state index in [0.29, 0.717) is 23.0 Å². The van der Waals surface area contributed by atoms with Gasteiger partial charge in [-0.1, -0.05) is 35.1 Å². The Morgan fingerprint density at radius 1 is 1.41 bits per heavy atom. The first-order chi connectivity index (χ1) is 10.6. The molecule has 1 amide bonds. The lowest BCUT2D eigenvalue weighted by molar-refractivity contribution is -0.122. The number of aliphatic hydroxyl groups is 1. The number of nitrogens with one attached hydrogen (secondary N) is 1. The first-order valence-corrected chi connectivity index (χ1v) is 8.37. The van der Waals surface area contributed by atoms with Gasteiger partial charge in [0.2, 0.25) is 11.0 Å². The van der Waals surface area contributed by atoms with Crippen LogP contribution in [0, 0.1) is 5.92 Å². The van der Waals surface area contributed by atoms with Crippen LogP contribution in [-0.2, 0) is 11.2 Å². The summed E-state index contributed by atoms with van der Waals surface area (Å²) >= 11 is 7.30. The third-order valence-electron chi connectivity index (χ3n) is 3.76. The maximum absolute atomic E-state index is 12.1. The molecule has 5 nitrogen and oxygen atoms in total. The van der Waals surface area contributed by atoms with E-state index in [1.165, 1.54) is 11.3 Å². The second-order valence-corrected chi connectivity index (χ2v) is 6.90. The third kappa shape index (κ3) is 3.63. The normalized spacial score (nSPS) is 21.0. The maximum atomic E-state index is 12.1. The Kier molecular flexibility index (Phi) is 4.71. The Balaban J connectivity index is 1.62. The Hall–Kier alpha value is -1.50. The Morgan fingerprint density at radius 3 is 3.00 bits per heavy atom. The van der Waals surface area contributed by atoms with E-state index in [2.05, 4.69) is 15.5 Å². The highest BCUT2D eigenvalue weighted by Gasteiger charge is 2.31. The molecule has 22 heavy (non-hydrogen) atoms. The first kappa shape index (κ1) is 15.4. The number of anilines is 1. The first-order valence-electron chi connectivity index (χ1n) is 7.17. The second kappa shape index (κ2) is 6.73. The molecule has 1 fully saturated rings. The van der Waals surface area contributed by atoms with Crippen molar-refractivity contribution in [1.29, 1.82) is 0 Å². The molecule has 0 spiro atoms. The van der Waals surface area contributed by atoms with Crippen LogP contribution >= 0.6 is 22.9 Å². The van der Waals surface area contributed by atoms with E-state index < -0.39 is 6.10 Å². The molecule has 1 aliphatic rings. The van der Waals surface area contributed by atoms with Crippen LogP contribution in [0.15, 0.2) is 24.3 Å². The number of halogens is 1. The van der Waals surface area contributed by atoms with Crippen LogP contribution < -0.4 is 5.32 Å². The monoisotopic (exact) mass is 337 g/mol. The fourth-order valence-electron chi connectivity index (χ4n) is 2.64. The van der Waals surface area contributed by atoms with Gasteiger partial charge in [-0.05, 0) is 37.0 Å². The summed E-state index contributed by atoms with van der Waals surface area (Å²) in [6.45, 7) is 0. The number of aliphatic hydroxyl groups excluding tert-OH is 1. The quantitative estimate of drug-likeness (QED) is 0.899. The van der Waals surface area contributed by atoms with Gasteiger partial charge in [0.05, 0.1) is 12.0 Å². The minimum Gasteiger partial charge on any atom is -0.392 e. The number of hydrogen-bond donors (Lipinski definition) is 2. The molecular weight excluding hydrogens is 322 g/mol. The molecule has 1 saturated carbocycles. The molecule has 116 valence electrons. The number of carbonyl (C=O) groups is 1. The number of nitrogens with zero attached hydrogens (tertiary/aromatic N) is 2. The van der Waals surface area contributed by atoms with Crippen LogP contribution in [0.1, 0.15) is 29.8 Å². The zero-order valence-corrected chi connectivity index (χ0v) is 13.4. The molecule has 1 heterocycles. The molecule has 2 N–H and O–H groups in total. The zero-order chi connectivity index (χ0) is 15.5. The number of carbonyl (C=O) groups excluding carboxylic acids is 1. The summed E-state index contributed by atoms with van der Waals surface area (Å²) < 4.78 is 0. The largest absolute Gasteiger partial charge is 0.392 e. The number of amides is 1. The summed E-state index contributed by atoms with van der Waals surface area (Å²) in [4.78, 5) is 12.1. The van der Waals surface area contributed by atoms with E-state index in [9.17, 15) is 9.90 Å². The molecule has 0 radical (unpaired) electrons. The molecular formula is C15H16ClN3O2S. The van der Waals surface area contributed by atoms with E-state index in [1.807, 2.05) is 24.3 Å². The highest BCUT2D eigenvalue weighted by molar-refractivity contribution is 7.15. The van der Waals surface area contributed by atoms with Gasteiger partial charge in [0.1, 0.15) is 5.01 Å². The van der Waals surface area contributed by atoms with Crippen LogP contribution in [0.4, 0.5) is 5.13 Å². The van der Waals surface area contributed by atoms with E-state index in [-0.39, 0.29) is 11.8 Å². The number of benzene rings is 1. The predicted molar refractivity (Wildman–Crippen MR) is 86.1 cm³/mol. The summed E-state index contributed by atoms with van der Waals surface area (Å²) in [6.07, 6.45) is 2.38. The highest BCUT2D eigenvalue weighted by Crippen LogP contribution is 2.27. The minimum absolute atomic E-state index is 0.171. The Labute approximate surface area is 137 Å². The van der Waals surface area contributed by atoms with Crippen molar-refractivity contribution < 1.29 is 9.90 Å². The summed E-state index contributed by atoms with van der Waals surface area (Å²) in [6, 6.07) is 7.57. The van der Waals surface area contributed by atoms with Crippen molar-refractivity contribution in [1.82, 2.24) is 10.2 Å². The van der Waals surface area contributed by atoms with Crippen molar-refractivity contribution in [2.45, 2.75) is 31.8 Å². The fourth-order valence-corrected chi connectivity index (χ4v) is 3.63. The van der Waals surface area contributed by atoms with Gasteiger partial charge in [0.15, 0.2) is 0 Å². The molecule has 0 bridgehead atoms. The lowest BCUT2D eigenvalue weighted by atomic mass is 10.1. The third-order valence-corrected chi connectivity index (χ3v) is 4.83. The van der Waals surface area contributed by atoms with Gasteiger partial charge in [-0.3, -0.25) is 4.79 Å². The van der Waals surface area contributed by atoms with Crippen molar-refractivity contribution >= 4 is 34.0 Å². The van der Waals surface area contributed by atoms with Crippen LogP contribution in [0.2, 0.25) is 5.02 Å². The van der Waals surface area contributed by atoms with Crippen LogP contribution in [0.25, 0.3) is 0 Å². The highest BCUT2D eigenvalue weighted by atomic mass is 35.5. The maximum Gasteiger partial charge on any atom is 0.231 e. The SMILES string of the molecule is O=C(Nc1nnc(Cc2cccc(Cl)c2)s1)C1CCCC1O. The molecule has 7 heteroatoms. The van der Waals surface area contributed by atoms with E-state index >= 15 is 0 Å². The minimum atomic E-state index is -0.543. The standard InChI is InChI=1S/C15H16ClN3O2S/c16-10-4-1-3-9(7-10)8-13-18-19-15(22-13)17-14(21)11-5-2-6-12(11)20/h1,3-4,7,11-12,20H,2,5-6,8H2,(H,17,19,21). The number of rotatable bonds is 4.